The van der Waals surface area contributed by atoms with Gasteiger partial charge in [0.25, 0.3) is 0 Å². The molecule has 0 spiro atoms. The quantitative estimate of drug-likeness (QED) is 0.486. The summed E-state index contributed by atoms with van der Waals surface area (Å²) in [6.07, 6.45) is 0. The van der Waals surface area contributed by atoms with Gasteiger partial charge in [-0.15, -0.1) is 0 Å². The third-order valence-corrected chi connectivity index (χ3v) is 0.408. The molecule has 5 heavy (non-hydrogen) atoms. The molecule has 1 heteroatoms. The van der Waals surface area contributed by atoms with E-state index in [1.54, 1.807) is 0 Å². The summed E-state index contributed by atoms with van der Waals surface area (Å²) < 4.78 is 4.83. The average molecular weight is 78.2 g/mol. The fourth-order valence-corrected chi connectivity index (χ4v) is 0.204. The molecule has 0 aliphatic rings. The zero-order valence-electron chi connectivity index (χ0n) is 3.82. The molecule has 0 saturated heterocycles. The van der Waals surface area contributed by atoms with Gasteiger partial charge < -0.3 is 4.74 Å². The molecule has 0 atom stereocenters. The van der Waals surface area contributed by atoms with E-state index in [4.69, 9.17) is 4.74 Å². The van der Waals surface area contributed by atoms with Crippen molar-refractivity contribution in [2.24, 2.45) is 0 Å². The summed E-state index contributed by atoms with van der Waals surface area (Å²) in [7, 11) is 0. The maximum atomic E-state index is 4.83. The molecule has 36 valence electrons. The normalized spacial score (nSPS) is 8.40. The number of hydrogen-bond donors (Lipinski definition) is 0. The van der Waals surface area contributed by atoms with E-state index in [1.807, 2.05) is 13.8 Å². The van der Waals surface area contributed by atoms with Gasteiger partial charge in [-0.25, -0.2) is 0 Å². The van der Waals surface area contributed by atoms with Gasteiger partial charge in [0.1, 0.15) is 0 Å². The van der Waals surface area contributed by atoms with Crippen molar-refractivity contribution < 1.29 is 7.59 Å². The molecule has 0 saturated carbocycles. The van der Waals surface area contributed by atoms with Crippen LogP contribution >= 0.6 is 0 Å². The van der Waals surface area contributed by atoms with Gasteiger partial charge in [-0.2, -0.15) is 0 Å². The lowest BCUT2D eigenvalue weighted by molar-refractivity contribution is 0.162. The Hall–Kier alpha value is -0.0400. The fraction of sp³-hybridized carbons (Fsp3) is 1.00. The van der Waals surface area contributed by atoms with Gasteiger partial charge in [0.05, 0.1) is 0 Å². The highest BCUT2D eigenvalue weighted by Crippen LogP contribution is 1.64. The zero-order chi connectivity index (χ0) is 4.12. The van der Waals surface area contributed by atoms with Crippen molar-refractivity contribution in [2.75, 3.05) is 13.2 Å². The van der Waals surface area contributed by atoms with Crippen LogP contribution in [-0.4, -0.2) is 13.2 Å². The van der Waals surface area contributed by atoms with Crippen molar-refractivity contribution in [3.8, 4) is 0 Å². The van der Waals surface area contributed by atoms with Gasteiger partial charge >= 0.3 is 0 Å². The molecule has 0 radical (unpaired) electrons. The minimum atomic E-state index is 0. The van der Waals surface area contributed by atoms with Crippen LogP contribution in [0.4, 0.5) is 0 Å². The van der Waals surface area contributed by atoms with Crippen LogP contribution in [0.15, 0.2) is 0 Å². The van der Waals surface area contributed by atoms with E-state index in [1.165, 1.54) is 0 Å². The van der Waals surface area contributed by atoms with Crippen molar-refractivity contribution >= 4 is 0 Å². The van der Waals surface area contributed by atoms with Gasteiger partial charge in [0.15, 0.2) is 0 Å². The molecule has 0 unspecified atom stereocenters. The number of rotatable bonds is 2. The Labute approximate surface area is 35.9 Å². The topological polar surface area (TPSA) is 9.23 Å². The van der Waals surface area contributed by atoms with E-state index in [2.05, 4.69) is 0 Å². The van der Waals surface area contributed by atoms with Crippen LogP contribution in [0.3, 0.4) is 0 Å². The van der Waals surface area contributed by atoms with Crippen molar-refractivity contribution in [1.82, 2.24) is 0 Å². The second-order valence-electron chi connectivity index (χ2n) is 0.781. The molecule has 0 aliphatic carbocycles. The predicted octanol–water partition coefficient (Wildman–Crippen LogP) is 1.53. The Morgan fingerprint density at radius 1 is 1.40 bits per heavy atom. The second kappa shape index (κ2) is 3.96. The van der Waals surface area contributed by atoms with Crippen LogP contribution in [0.1, 0.15) is 16.7 Å². The summed E-state index contributed by atoms with van der Waals surface area (Å²) in [6, 6.07) is 0. The zero-order valence-corrected chi connectivity index (χ0v) is 3.82. The van der Waals surface area contributed by atoms with E-state index in [0.717, 1.165) is 13.2 Å². The first-order valence-corrected chi connectivity index (χ1v) is 1.99. The molecule has 0 aliphatic heterocycles. The Morgan fingerprint density at radius 2 is 1.80 bits per heavy atom. The minimum Gasteiger partial charge on any atom is -0.382 e. The van der Waals surface area contributed by atoms with Crippen LogP contribution < -0.4 is 0 Å². The maximum Gasteiger partial charge on any atom is 0.0437 e. The molecule has 0 aromatic rings. The lowest BCUT2D eigenvalue weighted by Crippen LogP contribution is -1.84. The summed E-state index contributed by atoms with van der Waals surface area (Å²) in [5.74, 6) is 0. The smallest absolute Gasteiger partial charge is 0.0437 e. The van der Waals surface area contributed by atoms with Gasteiger partial charge in [0, 0.05) is 16.1 Å². The molecular weight excluding hydrogens is 64.0 g/mol. The van der Waals surface area contributed by atoms with Crippen LogP contribution in [-0.2, 0) is 4.74 Å². The van der Waals surface area contributed by atoms with Crippen LogP contribution in [0.5, 0.6) is 0 Å². The first-order chi connectivity index (χ1) is 2.41. The molecule has 0 aromatic heterocycles. The van der Waals surface area contributed by atoms with Gasteiger partial charge in [-0.3, -0.25) is 0 Å². The van der Waals surface area contributed by atoms with Gasteiger partial charge in [0.2, 0.25) is 0 Å². The largest absolute Gasteiger partial charge is 0.382 e. The predicted molar refractivity (Wildman–Crippen MR) is 26.4 cm³/mol. The molecule has 1 nitrogen and oxygen atoms in total. The van der Waals surface area contributed by atoms with E-state index in [9.17, 15) is 0 Å². The minimum absolute atomic E-state index is 0. The first kappa shape index (κ1) is 4.96. The fourth-order valence-electron chi connectivity index (χ4n) is 0.204. The molecule has 0 aromatic carbocycles. The first-order valence-electron chi connectivity index (χ1n) is 1.99. The monoisotopic (exact) mass is 78.1 g/mol. The summed E-state index contributed by atoms with van der Waals surface area (Å²) in [6.45, 7) is 5.67. The average Bonchev–Trinajstić information content (AvgIpc) is 1.41. The summed E-state index contributed by atoms with van der Waals surface area (Å²) >= 11 is 0. The molecular formula is C4H14O. The van der Waals surface area contributed by atoms with Crippen molar-refractivity contribution in [1.29, 1.82) is 0 Å². The standard InChI is InChI=1S/C4H10O.2H2/c1-3-5-4-2;;/h3-4H2,1-2H3;2*1H. The molecule has 0 fully saturated rings. The Kier molecular flexibility index (Phi) is 3.93. The third-order valence-electron chi connectivity index (χ3n) is 0.408. The molecule has 0 amide bonds. The van der Waals surface area contributed by atoms with Gasteiger partial charge in [-0.05, 0) is 13.8 Å². The van der Waals surface area contributed by atoms with Crippen LogP contribution in [0.2, 0.25) is 0 Å². The highest BCUT2D eigenvalue weighted by molar-refractivity contribution is 4.07. The van der Waals surface area contributed by atoms with E-state index >= 15 is 0 Å². The van der Waals surface area contributed by atoms with E-state index < -0.39 is 0 Å². The number of hydrogen-bond acceptors (Lipinski definition) is 1. The highest BCUT2D eigenvalue weighted by atomic mass is 16.5. The SMILES string of the molecule is CCOCC.[HH].[HH]. The summed E-state index contributed by atoms with van der Waals surface area (Å²) in [5.41, 5.74) is 0. The lowest BCUT2D eigenvalue weighted by Gasteiger charge is -1.86. The Balaban J connectivity index is -0.0000000800. The maximum absolute atomic E-state index is 4.83. The molecule has 0 bridgehead atoms. The van der Waals surface area contributed by atoms with Crippen LogP contribution in [0, 0.1) is 0 Å². The summed E-state index contributed by atoms with van der Waals surface area (Å²) in [4.78, 5) is 0. The Morgan fingerprint density at radius 3 is 1.80 bits per heavy atom. The highest BCUT2D eigenvalue weighted by Gasteiger charge is 1.64. The molecule has 0 rings (SSSR count). The summed E-state index contributed by atoms with van der Waals surface area (Å²) in [5, 5.41) is 0. The second-order valence-corrected chi connectivity index (χ2v) is 0.781. The molecule has 0 heterocycles. The van der Waals surface area contributed by atoms with Crippen molar-refractivity contribution in [3.63, 3.8) is 0 Å². The number of ether oxygens (including phenoxy) is 1. The van der Waals surface area contributed by atoms with E-state index in [0.29, 0.717) is 0 Å². The van der Waals surface area contributed by atoms with Crippen LogP contribution in [0.25, 0.3) is 0 Å². The molecule has 0 N–H and O–H groups in total. The lowest BCUT2D eigenvalue weighted by atomic mass is 10.8. The van der Waals surface area contributed by atoms with Gasteiger partial charge in [-0.1, -0.05) is 0 Å². The van der Waals surface area contributed by atoms with Crippen molar-refractivity contribution in [3.05, 3.63) is 0 Å². The van der Waals surface area contributed by atoms with E-state index in [-0.39, 0.29) is 2.85 Å². The third kappa shape index (κ3) is 3.96. The van der Waals surface area contributed by atoms with Crippen molar-refractivity contribution in [2.45, 2.75) is 13.8 Å². The Bertz CT molecular complexity index is 17.2.